The first-order valence-electron chi connectivity index (χ1n) is 5.79. The van der Waals surface area contributed by atoms with Gasteiger partial charge < -0.3 is 0 Å². The Morgan fingerprint density at radius 3 is 2.59 bits per heavy atom. The largest absolute Gasteiger partial charge is 0.299 e. The first kappa shape index (κ1) is 14.0. The Hall–Kier alpha value is -1.07. The monoisotopic (exact) mass is 256 g/mol. The number of hydrogen-bond acceptors (Lipinski definition) is 2. The average Bonchev–Trinajstić information content (AvgIpc) is 2.15. The Labute approximate surface area is 104 Å². The maximum Gasteiger partial charge on any atom is 0.299 e. The summed E-state index contributed by atoms with van der Waals surface area (Å²) in [7, 11) is -3.43. The molecule has 5 heteroatoms. The molecular weight excluding hydrogens is 236 g/mol. The predicted octanol–water partition coefficient (Wildman–Crippen LogP) is 2.15. The highest BCUT2D eigenvalue weighted by Crippen LogP contribution is 2.14. The van der Waals surface area contributed by atoms with Crippen LogP contribution in [-0.2, 0) is 16.6 Å². The summed E-state index contributed by atoms with van der Waals surface area (Å²) in [5, 5.41) is 0. The van der Waals surface area contributed by atoms with E-state index in [4.69, 9.17) is 0 Å². The van der Waals surface area contributed by atoms with Crippen LogP contribution in [0, 0.1) is 5.92 Å². The lowest BCUT2D eigenvalue weighted by Gasteiger charge is -2.10. The van der Waals surface area contributed by atoms with Gasteiger partial charge in [-0.15, -0.1) is 0 Å². The number of hydrogen-bond donors (Lipinski definition) is 2. The second-order valence-electron chi connectivity index (χ2n) is 4.40. The molecule has 1 aromatic rings. The predicted molar refractivity (Wildman–Crippen MR) is 71.2 cm³/mol. The Balaban J connectivity index is 2.79. The van der Waals surface area contributed by atoms with Crippen molar-refractivity contribution in [1.29, 1.82) is 0 Å². The fourth-order valence-corrected chi connectivity index (χ4v) is 2.50. The fourth-order valence-electron chi connectivity index (χ4n) is 1.61. The summed E-state index contributed by atoms with van der Waals surface area (Å²) in [5.41, 5.74) is 1.74. The van der Waals surface area contributed by atoms with Gasteiger partial charge in [0.05, 0.1) is 5.69 Å². The van der Waals surface area contributed by atoms with E-state index in [9.17, 15) is 8.42 Å². The lowest BCUT2D eigenvalue weighted by atomic mass is 10.0. The molecule has 0 aliphatic carbocycles. The maximum atomic E-state index is 11.5. The molecule has 0 fully saturated rings. The van der Waals surface area contributed by atoms with Crippen molar-refractivity contribution < 1.29 is 8.42 Å². The van der Waals surface area contributed by atoms with Gasteiger partial charge >= 0.3 is 0 Å². The molecule has 1 aromatic carbocycles. The molecular formula is C12H20N2O2S. The van der Waals surface area contributed by atoms with Crippen molar-refractivity contribution in [2.75, 3.05) is 11.3 Å². The van der Waals surface area contributed by atoms with Gasteiger partial charge in [-0.2, -0.15) is 13.1 Å². The normalized spacial score (nSPS) is 11.8. The minimum Gasteiger partial charge on any atom is -0.271 e. The van der Waals surface area contributed by atoms with Crippen LogP contribution in [0.3, 0.4) is 0 Å². The zero-order valence-electron chi connectivity index (χ0n) is 10.5. The van der Waals surface area contributed by atoms with E-state index in [0.717, 1.165) is 12.0 Å². The SMILES string of the molecule is CCNS(=O)(=O)Nc1cccc(CC(C)C)c1. The molecule has 0 amide bonds. The van der Waals surface area contributed by atoms with Gasteiger partial charge in [-0.3, -0.25) is 4.72 Å². The van der Waals surface area contributed by atoms with Gasteiger partial charge in [-0.25, -0.2) is 0 Å². The van der Waals surface area contributed by atoms with Crippen molar-refractivity contribution in [1.82, 2.24) is 4.72 Å². The van der Waals surface area contributed by atoms with E-state index in [1.165, 1.54) is 0 Å². The average molecular weight is 256 g/mol. The molecule has 4 nitrogen and oxygen atoms in total. The summed E-state index contributed by atoms with van der Waals surface area (Å²) < 4.78 is 27.9. The summed E-state index contributed by atoms with van der Waals surface area (Å²) in [6, 6.07) is 7.49. The Bertz CT molecular complexity index is 455. The molecule has 1 rings (SSSR count). The lowest BCUT2D eigenvalue weighted by molar-refractivity contribution is 0.589. The van der Waals surface area contributed by atoms with Crippen LogP contribution in [0.4, 0.5) is 5.69 Å². The zero-order valence-corrected chi connectivity index (χ0v) is 11.3. The molecule has 0 saturated heterocycles. The molecule has 0 aliphatic heterocycles. The van der Waals surface area contributed by atoms with Crippen LogP contribution < -0.4 is 9.44 Å². The van der Waals surface area contributed by atoms with E-state index >= 15 is 0 Å². The van der Waals surface area contributed by atoms with Crippen molar-refractivity contribution >= 4 is 15.9 Å². The fraction of sp³-hybridized carbons (Fsp3) is 0.500. The van der Waals surface area contributed by atoms with E-state index in [2.05, 4.69) is 23.3 Å². The Morgan fingerprint density at radius 2 is 2.00 bits per heavy atom. The minimum absolute atomic E-state index is 0.376. The summed E-state index contributed by atoms with van der Waals surface area (Å²) in [6.45, 7) is 6.39. The third kappa shape index (κ3) is 5.19. The van der Waals surface area contributed by atoms with E-state index in [-0.39, 0.29) is 0 Å². The van der Waals surface area contributed by atoms with Crippen LogP contribution in [0.25, 0.3) is 0 Å². The summed E-state index contributed by atoms with van der Waals surface area (Å²) >= 11 is 0. The van der Waals surface area contributed by atoms with Crippen LogP contribution >= 0.6 is 0 Å². The number of nitrogens with one attached hydrogen (secondary N) is 2. The Kier molecular flexibility index (Phi) is 4.96. The standard InChI is InChI=1S/C12H20N2O2S/c1-4-13-17(15,16)14-12-7-5-6-11(9-12)8-10(2)3/h5-7,9-10,13-14H,4,8H2,1-3H3. The zero-order chi connectivity index (χ0) is 12.9. The number of anilines is 1. The smallest absolute Gasteiger partial charge is 0.271 e. The van der Waals surface area contributed by atoms with Gasteiger partial charge in [0.15, 0.2) is 0 Å². The molecule has 17 heavy (non-hydrogen) atoms. The number of rotatable bonds is 6. The molecule has 0 saturated carbocycles. The van der Waals surface area contributed by atoms with Gasteiger partial charge in [0.2, 0.25) is 0 Å². The molecule has 0 aliphatic rings. The van der Waals surface area contributed by atoms with E-state index < -0.39 is 10.2 Å². The topological polar surface area (TPSA) is 58.2 Å². The molecule has 0 spiro atoms. The highest BCUT2D eigenvalue weighted by molar-refractivity contribution is 7.90. The van der Waals surface area contributed by atoms with Crippen molar-refractivity contribution in [2.24, 2.45) is 5.92 Å². The molecule has 0 bridgehead atoms. The summed E-state index contributed by atoms with van der Waals surface area (Å²) in [6.07, 6.45) is 0.941. The molecule has 0 atom stereocenters. The van der Waals surface area contributed by atoms with Crippen molar-refractivity contribution in [3.63, 3.8) is 0 Å². The van der Waals surface area contributed by atoms with E-state index in [1.54, 1.807) is 13.0 Å². The first-order valence-corrected chi connectivity index (χ1v) is 7.27. The second-order valence-corrected chi connectivity index (χ2v) is 5.90. The Morgan fingerprint density at radius 1 is 1.29 bits per heavy atom. The quantitative estimate of drug-likeness (QED) is 0.819. The first-order chi connectivity index (χ1) is 7.93. The van der Waals surface area contributed by atoms with Crippen LogP contribution in [0.5, 0.6) is 0 Å². The van der Waals surface area contributed by atoms with Gasteiger partial charge in [-0.05, 0) is 30.0 Å². The molecule has 2 N–H and O–H groups in total. The minimum atomic E-state index is -3.43. The van der Waals surface area contributed by atoms with Gasteiger partial charge in [0, 0.05) is 6.54 Å². The van der Waals surface area contributed by atoms with Crippen LogP contribution in [0.15, 0.2) is 24.3 Å². The highest BCUT2D eigenvalue weighted by Gasteiger charge is 2.08. The van der Waals surface area contributed by atoms with Crippen LogP contribution in [-0.4, -0.2) is 15.0 Å². The number of benzene rings is 1. The maximum absolute atomic E-state index is 11.5. The van der Waals surface area contributed by atoms with Crippen LogP contribution in [0.1, 0.15) is 26.3 Å². The highest BCUT2D eigenvalue weighted by atomic mass is 32.2. The molecule has 0 unspecified atom stereocenters. The van der Waals surface area contributed by atoms with E-state index in [1.807, 2.05) is 18.2 Å². The van der Waals surface area contributed by atoms with Crippen molar-refractivity contribution in [2.45, 2.75) is 27.2 Å². The van der Waals surface area contributed by atoms with Gasteiger partial charge in [-0.1, -0.05) is 32.9 Å². The van der Waals surface area contributed by atoms with Crippen LogP contribution in [0.2, 0.25) is 0 Å². The van der Waals surface area contributed by atoms with Gasteiger partial charge in [0.25, 0.3) is 10.2 Å². The lowest BCUT2D eigenvalue weighted by Crippen LogP contribution is -2.29. The second kappa shape index (κ2) is 6.02. The van der Waals surface area contributed by atoms with E-state index in [0.29, 0.717) is 18.2 Å². The third-order valence-corrected chi connectivity index (χ3v) is 3.33. The third-order valence-electron chi connectivity index (χ3n) is 2.16. The molecule has 0 aromatic heterocycles. The summed E-state index contributed by atoms with van der Waals surface area (Å²) in [5.74, 6) is 0.552. The van der Waals surface area contributed by atoms with Crippen molar-refractivity contribution in [3.05, 3.63) is 29.8 Å². The van der Waals surface area contributed by atoms with Crippen molar-refractivity contribution in [3.8, 4) is 0 Å². The summed E-state index contributed by atoms with van der Waals surface area (Å²) in [4.78, 5) is 0. The molecule has 0 heterocycles. The molecule has 96 valence electrons. The molecule has 0 radical (unpaired) electrons. The van der Waals surface area contributed by atoms with Gasteiger partial charge in [0.1, 0.15) is 0 Å².